The van der Waals surface area contributed by atoms with Crippen LogP contribution in [0.3, 0.4) is 0 Å². The minimum Gasteiger partial charge on any atom is -0.456 e. The fraction of sp³-hybridized carbons (Fsp3) is 0.0455. The molecule has 0 saturated heterocycles. The van der Waals surface area contributed by atoms with Gasteiger partial charge in [0.15, 0.2) is 0 Å². The van der Waals surface area contributed by atoms with Crippen LogP contribution in [0.5, 0.6) is 0 Å². The molecule has 0 aliphatic rings. The molecule has 0 amide bonds. The van der Waals surface area contributed by atoms with E-state index in [9.17, 15) is 9.59 Å². The maximum atomic E-state index is 13.0. The zero-order chi connectivity index (χ0) is 19.5. The summed E-state index contributed by atoms with van der Waals surface area (Å²) in [5.41, 5.74) is 1.27. The molecule has 4 rings (SSSR count). The second-order valence-electron chi connectivity index (χ2n) is 6.14. The summed E-state index contributed by atoms with van der Waals surface area (Å²) in [6.07, 6.45) is 3.13. The van der Waals surface area contributed by atoms with E-state index in [1.54, 1.807) is 66.9 Å². The van der Waals surface area contributed by atoms with Crippen molar-refractivity contribution in [2.45, 2.75) is 6.61 Å². The molecule has 0 radical (unpaired) electrons. The predicted molar refractivity (Wildman–Crippen MR) is 108 cm³/mol. The molecule has 0 bridgehead atoms. The van der Waals surface area contributed by atoms with Crippen LogP contribution < -0.4 is 5.56 Å². The third-order valence-electron chi connectivity index (χ3n) is 4.31. The molecule has 4 aromatic rings. The first-order chi connectivity index (χ1) is 13.6. The van der Waals surface area contributed by atoms with Gasteiger partial charge in [0.25, 0.3) is 5.56 Å². The van der Waals surface area contributed by atoms with E-state index in [-0.39, 0.29) is 12.2 Å². The van der Waals surface area contributed by atoms with Gasteiger partial charge in [-0.1, -0.05) is 41.9 Å². The lowest BCUT2D eigenvalue weighted by atomic mass is 10.1. The van der Waals surface area contributed by atoms with Crippen molar-refractivity contribution in [3.63, 3.8) is 0 Å². The van der Waals surface area contributed by atoms with E-state index in [2.05, 4.69) is 4.98 Å². The Kier molecular flexibility index (Phi) is 4.91. The van der Waals surface area contributed by atoms with Crippen LogP contribution in [0.1, 0.15) is 16.1 Å². The molecule has 6 heteroatoms. The standard InChI is InChI=1S/C22H15ClN2O3/c23-15-6-5-8-17(12-15)25-13-20(18-9-1-2-10-19(18)21(25)26)22(27)28-14-16-7-3-4-11-24-16/h1-13H,14H2. The number of nitrogens with zero attached hydrogens (tertiary/aromatic N) is 2. The molecule has 5 nitrogen and oxygen atoms in total. The molecule has 138 valence electrons. The third-order valence-corrected chi connectivity index (χ3v) is 4.54. The summed E-state index contributed by atoms with van der Waals surface area (Å²) in [5.74, 6) is -0.530. The van der Waals surface area contributed by atoms with E-state index >= 15 is 0 Å². The fourth-order valence-corrected chi connectivity index (χ4v) is 3.16. The highest BCUT2D eigenvalue weighted by Gasteiger charge is 2.17. The average Bonchev–Trinajstić information content (AvgIpc) is 2.73. The van der Waals surface area contributed by atoms with Gasteiger partial charge in [0.2, 0.25) is 0 Å². The van der Waals surface area contributed by atoms with Gasteiger partial charge >= 0.3 is 5.97 Å². The van der Waals surface area contributed by atoms with Crippen molar-refractivity contribution >= 4 is 28.3 Å². The van der Waals surface area contributed by atoms with E-state index in [1.165, 1.54) is 10.8 Å². The fourth-order valence-electron chi connectivity index (χ4n) is 2.97. The number of esters is 1. The lowest BCUT2D eigenvalue weighted by molar-refractivity contribution is 0.0469. The van der Waals surface area contributed by atoms with Crippen molar-refractivity contribution in [2.75, 3.05) is 0 Å². The molecule has 0 N–H and O–H groups in total. The van der Waals surface area contributed by atoms with Crippen molar-refractivity contribution in [1.82, 2.24) is 9.55 Å². The van der Waals surface area contributed by atoms with Gasteiger partial charge < -0.3 is 4.74 Å². The highest BCUT2D eigenvalue weighted by atomic mass is 35.5. The summed E-state index contributed by atoms with van der Waals surface area (Å²) in [5, 5.41) is 1.46. The quantitative estimate of drug-likeness (QED) is 0.485. The van der Waals surface area contributed by atoms with E-state index in [1.807, 2.05) is 6.07 Å². The van der Waals surface area contributed by atoms with Crippen LogP contribution in [0, 0.1) is 0 Å². The highest BCUT2D eigenvalue weighted by molar-refractivity contribution is 6.30. The Morgan fingerprint density at radius 2 is 1.79 bits per heavy atom. The van der Waals surface area contributed by atoms with Crippen molar-refractivity contribution in [3.8, 4) is 5.69 Å². The molecule has 0 atom stereocenters. The number of hydrogen-bond donors (Lipinski definition) is 0. The summed E-state index contributed by atoms with van der Waals surface area (Å²) in [7, 11) is 0. The summed E-state index contributed by atoms with van der Waals surface area (Å²) in [6, 6.07) is 19.2. The minimum atomic E-state index is -0.530. The Bertz CT molecular complexity index is 1220. The van der Waals surface area contributed by atoms with Crippen LogP contribution in [-0.4, -0.2) is 15.5 Å². The number of benzene rings is 2. The maximum Gasteiger partial charge on any atom is 0.340 e. The summed E-state index contributed by atoms with van der Waals surface area (Å²) < 4.78 is 6.84. The van der Waals surface area contributed by atoms with Crippen LogP contribution in [0.15, 0.2) is 83.9 Å². The summed E-state index contributed by atoms with van der Waals surface area (Å²) in [6.45, 7) is 0.0459. The van der Waals surface area contributed by atoms with Crippen molar-refractivity contribution in [1.29, 1.82) is 0 Å². The number of carbonyl (C=O) groups excluding carboxylic acids is 1. The van der Waals surface area contributed by atoms with Crippen LogP contribution in [0.4, 0.5) is 0 Å². The molecule has 0 unspecified atom stereocenters. The highest BCUT2D eigenvalue weighted by Crippen LogP contribution is 2.20. The normalized spacial score (nSPS) is 10.8. The molecule has 0 aliphatic carbocycles. The second-order valence-corrected chi connectivity index (χ2v) is 6.58. The van der Waals surface area contributed by atoms with Gasteiger partial charge in [-0.25, -0.2) is 4.79 Å². The topological polar surface area (TPSA) is 61.2 Å². The first kappa shape index (κ1) is 17.9. The number of ether oxygens (including phenoxy) is 1. The van der Waals surface area contributed by atoms with Gasteiger partial charge in [0.05, 0.1) is 16.9 Å². The minimum absolute atomic E-state index is 0.0459. The number of halogens is 1. The first-order valence-electron chi connectivity index (χ1n) is 8.61. The Morgan fingerprint density at radius 1 is 1.00 bits per heavy atom. The van der Waals surface area contributed by atoms with Crippen molar-refractivity contribution in [3.05, 3.63) is 106 Å². The Labute approximate surface area is 165 Å². The van der Waals surface area contributed by atoms with Crippen LogP contribution in [-0.2, 0) is 11.3 Å². The van der Waals surface area contributed by atoms with E-state index < -0.39 is 5.97 Å². The van der Waals surface area contributed by atoms with Crippen molar-refractivity contribution < 1.29 is 9.53 Å². The number of hydrogen-bond acceptors (Lipinski definition) is 4. The lowest BCUT2D eigenvalue weighted by Gasteiger charge is -2.12. The average molecular weight is 391 g/mol. The van der Waals surface area contributed by atoms with Crippen LogP contribution >= 0.6 is 11.6 Å². The van der Waals surface area contributed by atoms with Gasteiger partial charge in [-0.2, -0.15) is 0 Å². The largest absolute Gasteiger partial charge is 0.456 e. The summed E-state index contributed by atoms with van der Waals surface area (Å²) >= 11 is 6.07. The second kappa shape index (κ2) is 7.66. The molecule has 28 heavy (non-hydrogen) atoms. The molecule has 0 fully saturated rings. The number of pyridine rings is 2. The van der Waals surface area contributed by atoms with Gasteiger partial charge in [0.1, 0.15) is 6.61 Å². The van der Waals surface area contributed by atoms with E-state index in [0.717, 1.165) is 0 Å². The predicted octanol–water partition coefficient (Wildman–Crippen LogP) is 4.40. The molecule has 2 aromatic carbocycles. The lowest BCUT2D eigenvalue weighted by Crippen LogP contribution is -2.21. The van der Waals surface area contributed by atoms with Gasteiger partial charge in [-0.3, -0.25) is 14.3 Å². The summed E-state index contributed by atoms with van der Waals surface area (Å²) in [4.78, 5) is 29.9. The molecule has 2 heterocycles. The Balaban J connectivity index is 1.80. The Hall–Kier alpha value is -3.44. The first-order valence-corrected chi connectivity index (χ1v) is 8.98. The van der Waals surface area contributed by atoms with Gasteiger partial charge in [-0.15, -0.1) is 0 Å². The third kappa shape index (κ3) is 3.52. The van der Waals surface area contributed by atoms with Gasteiger partial charge in [0, 0.05) is 28.2 Å². The monoisotopic (exact) mass is 390 g/mol. The molecular weight excluding hydrogens is 376 g/mol. The van der Waals surface area contributed by atoms with Gasteiger partial charge in [-0.05, 0) is 36.4 Å². The molecule has 0 spiro atoms. The zero-order valence-electron chi connectivity index (χ0n) is 14.7. The molecule has 2 aromatic heterocycles. The number of fused-ring (bicyclic) bond motifs is 1. The van der Waals surface area contributed by atoms with Crippen LogP contribution in [0.25, 0.3) is 16.5 Å². The molecule has 0 aliphatic heterocycles. The number of carbonyl (C=O) groups is 1. The maximum absolute atomic E-state index is 13.0. The van der Waals surface area contributed by atoms with Crippen LogP contribution in [0.2, 0.25) is 5.02 Å². The SMILES string of the molecule is O=C(OCc1ccccn1)c1cn(-c2cccc(Cl)c2)c(=O)c2ccccc12. The Morgan fingerprint density at radius 3 is 2.54 bits per heavy atom. The zero-order valence-corrected chi connectivity index (χ0v) is 15.5. The molecule has 0 saturated carbocycles. The van der Waals surface area contributed by atoms with E-state index in [0.29, 0.717) is 32.7 Å². The van der Waals surface area contributed by atoms with E-state index in [4.69, 9.17) is 16.3 Å². The number of aromatic nitrogens is 2. The number of rotatable bonds is 4. The molecular formula is C22H15ClN2O3. The smallest absolute Gasteiger partial charge is 0.340 e. The van der Waals surface area contributed by atoms with Crippen molar-refractivity contribution in [2.24, 2.45) is 0 Å².